The normalized spacial score (nSPS) is 15.2. The maximum atomic E-state index is 11.9. The second kappa shape index (κ2) is 12.1. The zero-order valence-electron chi connectivity index (χ0n) is 18.4. The summed E-state index contributed by atoms with van der Waals surface area (Å²) in [4.78, 5) is 41.0. The van der Waals surface area contributed by atoms with E-state index in [2.05, 4.69) is 13.6 Å². The maximum Gasteiger partial charge on any atom is 0.488 e. The molecule has 0 amide bonds. The Morgan fingerprint density at radius 1 is 0.917 bits per heavy atom. The molecule has 0 saturated heterocycles. The highest BCUT2D eigenvalue weighted by atomic mass is 32.1. The van der Waals surface area contributed by atoms with Gasteiger partial charge in [0.15, 0.2) is 5.13 Å². The molecule has 2 unspecified atom stereocenters. The largest absolute Gasteiger partial charge is 0.488 e. The topological polar surface area (TPSA) is 208 Å². The third-order valence-electron chi connectivity index (χ3n) is 4.26. The first-order valence-corrected chi connectivity index (χ1v) is 15.7. The van der Waals surface area contributed by atoms with E-state index >= 15 is 0 Å². The van der Waals surface area contributed by atoms with Crippen molar-refractivity contribution < 1.29 is 51.4 Å². The highest BCUT2D eigenvalue weighted by molar-refractivity contribution is 7.68. The van der Waals surface area contributed by atoms with Crippen LogP contribution in [0.25, 0.3) is 10.4 Å². The van der Waals surface area contributed by atoms with Crippen molar-refractivity contribution in [2.45, 2.75) is 13.0 Å². The number of nitrogens with two attached hydrogens (primary N) is 1. The van der Waals surface area contributed by atoms with Crippen LogP contribution in [0.4, 0.5) is 5.13 Å². The van der Waals surface area contributed by atoms with E-state index in [1.54, 1.807) is 6.07 Å². The fourth-order valence-corrected chi connectivity index (χ4v) is 7.16. The van der Waals surface area contributed by atoms with E-state index in [4.69, 9.17) is 25.0 Å². The molecule has 6 N–H and O–H groups in total. The molecule has 0 fully saturated rings. The first kappa shape index (κ1) is 28.6. The minimum atomic E-state index is -5.52. The van der Waals surface area contributed by atoms with Crippen LogP contribution in [0.3, 0.4) is 0 Å². The van der Waals surface area contributed by atoms with Gasteiger partial charge in [0, 0.05) is 12.0 Å². The van der Waals surface area contributed by atoms with Gasteiger partial charge in [0.25, 0.3) is 0 Å². The van der Waals surface area contributed by atoms with Crippen molar-refractivity contribution in [3.05, 3.63) is 65.9 Å². The van der Waals surface area contributed by atoms with Crippen LogP contribution in [0.5, 0.6) is 5.75 Å². The minimum absolute atomic E-state index is 0.145. The molecule has 3 aromatic rings. The van der Waals surface area contributed by atoms with Crippen LogP contribution in [0.2, 0.25) is 0 Å². The van der Waals surface area contributed by atoms with E-state index in [-0.39, 0.29) is 18.2 Å². The Bertz CT molecular complexity index is 1310. The van der Waals surface area contributed by atoms with Gasteiger partial charge in [-0.1, -0.05) is 53.8 Å². The summed E-state index contributed by atoms with van der Waals surface area (Å²) in [6.45, 7) is 0.184. The van der Waals surface area contributed by atoms with Gasteiger partial charge in [-0.15, -0.1) is 0 Å². The average Bonchev–Trinajstić information content (AvgIpc) is 3.14. The fraction of sp³-hybridized carbons (Fsp3) is 0.211. The van der Waals surface area contributed by atoms with Crippen molar-refractivity contribution in [1.29, 1.82) is 0 Å². The molecule has 36 heavy (non-hydrogen) atoms. The Morgan fingerprint density at radius 2 is 1.58 bits per heavy atom. The Labute approximate surface area is 209 Å². The van der Waals surface area contributed by atoms with E-state index in [9.17, 15) is 23.5 Å². The average molecular weight is 580 g/mol. The van der Waals surface area contributed by atoms with Gasteiger partial charge in [-0.25, -0.2) is 18.4 Å². The third kappa shape index (κ3) is 9.19. The molecule has 3 rings (SSSR count). The number of rotatable bonds is 13. The van der Waals surface area contributed by atoms with Crippen LogP contribution in [0.15, 0.2) is 54.6 Å². The first-order valence-electron chi connectivity index (χ1n) is 10.1. The highest BCUT2D eigenvalue weighted by Gasteiger charge is 2.39. The SMILES string of the molecule is Nc1nc(CCOCP(=O)(O)OP(=O)(O)OP(=O)(O)O)c(-c2ccccc2OCc2ccccc2)s1. The van der Waals surface area contributed by atoms with Crippen molar-refractivity contribution in [3.8, 4) is 16.2 Å². The molecule has 2 atom stereocenters. The van der Waals surface area contributed by atoms with Crippen LogP contribution in [0.1, 0.15) is 11.3 Å². The maximum absolute atomic E-state index is 11.9. The summed E-state index contributed by atoms with van der Waals surface area (Å²) in [6, 6.07) is 16.9. The Kier molecular flexibility index (Phi) is 9.62. The Morgan fingerprint density at radius 3 is 2.28 bits per heavy atom. The van der Waals surface area contributed by atoms with Gasteiger partial charge < -0.3 is 34.8 Å². The molecule has 0 bridgehead atoms. The molecule has 0 aliphatic heterocycles. The van der Waals surface area contributed by atoms with Crippen molar-refractivity contribution >= 4 is 39.7 Å². The Balaban J connectivity index is 1.63. The van der Waals surface area contributed by atoms with Gasteiger partial charge in [0.2, 0.25) is 0 Å². The molecule has 1 aromatic heterocycles. The summed E-state index contributed by atoms with van der Waals surface area (Å²) in [5, 5.41) is 0.282. The molecular weight excluding hydrogens is 557 g/mol. The number of hydrogen-bond acceptors (Lipinski definition) is 10. The number of benzene rings is 2. The molecule has 0 radical (unpaired) electrons. The van der Waals surface area contributed by atoms with Gasteiger partial charge in [0.1, 0.15) is 18.7 Å². The van der Waals surface area contributed by atoms with Gasteiger partial charge in [-0.2, -0.15) is 4.31 Å². The molecule has 196 valence electrons. The first-order chi connectivity index (χ1) is 16.8. The van der Waals surface area contributed by atoms with Crippen molar-refractivity contribution in [2.24, 2.45) is 0 Å². The summed E-state index contributed by atoms with van der Waals surface area (Å²) >= 11 is 1.22. The standard InChI is InChI=1S/C19H23N2O11P3S/c20-19-21-16(10-11-29-13-33(22,23)31-35(27,28)32-34(24,25)26)18(36-19)15-8-4-5-9-17(15)30-12-14-6-2-1-3-7-14/h1-9H,10-13H2,(H2,20,21)(H,22,23)(H,27,28)(H2,24,25,26). The molecule has 0 aliphatic rings. The number of ether oxygens (including phenoxy) is 2. The molecule has 2 aromatic carbocycles. The highest BCUT2D eigenvalue weighted by Crippen LogP contribution is 2.65. The molecule has 13 nitrogen and oxygen atoms in total. The molecule has 17 heteroatoms. The quantitative estimate of drug-likeness (QED) is 0.144. The van der Waals surface area contributed by atoms with Crippen LogP contribution in [-0.4, -0.2) is 37.5 Å². The fourth-order valence-electron chi connectivity index (χ4n) is 2.95. The summed E-state index contributed by atoms with van der Waals surface area (Å²) in [5.41, 5.74) is 8.16. The van der Waals surface area contributed by atoms with Gasteiger partial charge >= 0.3 is 23.2 Å². The van der Waals surface area contributed by atoms with E-state index < -0.39 is 29.6 Å². The van der Waals surface area contributed by atoms with Crippen LogP contribution >= 0.6 is 34.6 Å². The number of phosphoric acid groups is 2. The predicted octanol–water partition coefficient (Wildman–Crippen LogP) is 3.90. The number of anilines is 1. The second-order valence-electron chi connectivity index (χ2n) is 7.15. The summed E-state index contributed by atoms with van der Waals surface area (Å²) in [5.74, 6) is 0.601. The van der Waals surface area contributed by atoms with Crippen molar-refractivity contribution in [2.75, 3.05) is 18.7 Å². The lowest BCUT2D eigenvalue weighted by Crippen LogP contribution is -2.04. The van der Waals surface area contributed by atoms with Crippen LogP contribution in [0, 0.1) is 0 Å². The number of hydrogen-bond donors (Lipinski definition) is 5. The molecular formula is C19H23N2O11P3S. The molecule has 0 aliphatic carbocycles. The third-order valence-corrected chi connectivity index (χ3v) is 9.25. The summed E-state index contributed by atoms with van der Waals surface area (Å²) < 4.78 is 52.6. The van der Waals surface area contributed by atoms with Crippen LogP contribution < -0.4 is 10.5 Å². The van der Waals surface area contributed by atoms with E-state index in [1.807, 2.05) is 48.5 Å². The van der Waals surface area contributed by atoms with Gasteiger partial charge in [-0.3, -0.25) is 4.57 Å². The minimum Gasteiger partial charge on any atom is -0.488 e. The van der Waals surface area contributed by atoms with Gasteiger partial charge in [-0.05, 0) is 17.7 Å². The van der Waals surface area contributed by atoms with Crippen molar-refractivity contribution in [3.63, 3.8) is 0 Å². The zero-order chi connectivity index (χ0) is 26.4. The number of aromatic nitrogens is 1. The van der Waals surface area contributed by atoms with Crippen LogP contribution in [-0.2, 0) is 40.1 Å². The molecule has 0 saturated carbocycles. The van der Waals surface area contributed by atoms with Crippen molar-refractivity contribution in [1.82, 2.24) is 4.98 Å². The van der Waals surface area contributed by atoms with Gasteiger partial charge in [0.05, 0.1) is 17.2 Å². The zero-order valence-corrected chi connectivity index (χ0v) is 21.9. The lowest BCUT2D eigenvalue weighted by atomic mass is 10.1. The summed E-state index contributed by atoms with van der Waals surface area (Å²) in [7, 11) is -15.9. The lowest BCUT2D eigenvalue weighted by molar-refractivity contribution is 0.154. The molecule has 0 spiro atoms. The van der Waals surface area contributed by atoms with E-state index in [1.165, 1.54) is 11.3 Å². The molecule has 1 heterocycles. The summed E-state index contributed by atoms with van der Waals surface area (Å²) in [6.07, 6.45) is -0.903. The monoisotopic (exact) mass is 580 g/mol. The van der Waals surface area contributed by atoms with E-state index in [0.717, 1.165) is 11.1 Å². The predicted molar refractivity (Wildman–Crippen MR) is 131 cm³/mol. The number of nitrogen functional groups attached to an aromatic ring is 1. The smallest absolute Gasteiger partial charge is 0.488 e. The lowest BCUT2D eigenvalue weighted by Gasteiger charge is -2.16. The number of para-hydroxylation sites is 1. The number of thiazole rings is 1. The van der Waals surface area contributed by atoms with E-state index in [0.29, 0.717) is 22.9 Å². The Hall–Kier alpha value is -1.92. The second-order valence-corrected chi connectivity index (χ2v) is 12.9. The number of nitrogens with zero attached hydrogens (tertiary/aromatic N) is 1.